The first-order valence-corrected chi connectivity index (χ1v) is 9.21. The normalized spacial score (nSPS) is 13.4. The molecule has 0 aromatic heterocycles. The number of amides is 2. The Labute approximate surface area is 148 Å². The number of halogens is 1. The van der Waals surface area contributed by atoms with Gasteiger partial charge in [0.25, 0.3) is 5.91 Å². The van der Waals surface area contributed by atoms with Crippen LogP contribution in [0.2, 0.25) is 5.02 Å². The van der Waals surface area contributed by atoms with Gasteiger partial charge in [0.2, 0.25) is 5.91 Å². The van der Waals surface area contributed by atoms with E-state index in [9.17, 15) is 18.0 Å². The van der Waals surface area contributed by atoms with E-state index in [0.717, 1.165) is 0 Å². The molecule has 2 aromatic rings. The van der Waals surface area contributed by atoms with E-state index in [2.05, 4.69) is 10.6 Å². The third-order valence-corrected chi connectivity index (χ3v) is 5.27. The van der Waals surface area contributed by atoms with Crippen molar-refractivity contribution in [3.63, 3.8) is 0 Å². The van der Waals surface area contributed by atoms with Crippen LogP contribution < -0.4 is 15.4 Å². The van der Waals surface area contributed by atoms with Crippen LogP contribution in [0, 0.1) is 0 Å². The van der Waals surface area contributed by atoms with Crippen LogP contribution in [0.1, 0.15) is 0 Å². The highest BCUT2D eigenvalue weighted by Gasteiger charge is 2.21. The molecule has 2 amide bonds. The number of carbonyl (C=O) groups excluding carboxylic acids is 2. The highest BCUT2D eigenvalue weighted by Crippen LogP contribution is 2.30. The predicted octanol–water partition coefficient (Wildman–Crippen LogP) is 2.08. The van der Waals surface area contributed by atoms with Gasteiger partial charge in [0.05, 0.1) is 10.6 Å². The van der Waals surface area contributed by atoms with Crippen LogP contribution in [0.4, 0.5) is 11.4 Å². The van der Waals surface area contributed by atoms with E-state index in [4.69, 9.17) is 16.3 Å². The molecule has 25 heavy (non-hydrogen) atoms. The first-order chi connectivity index (χ1) is 11.8. The number of ether oxygens (including phenoxy) is 1. The Morgan fingerprint density at radius 3 is 2.64 bits per heavy atom. The van der Waals surface area contributed by atoms with E-state index in [0.29, 0.717) is 22.1 Å². The molecule has 0 fully saturated rings. The number of hydrogen-bond donors (Lipinski definition) is 2. The maximum absolute atomic E-state index is 12.2. The van der Waals surface area contributed by atoms with Gasteiger partial charge in [-0.25, -0.2) is 8.42 Å². The van der Waals surface area contributed by atoms with Crippen LogP contribution >= 0.6 is 11.6 Å². The third-order valence-electron chi connectivity index (χ3n) is 3.39. The van der Waals surface area contributed by atoms with Gasteiger partial charge in [0.1, 0.15) is 11.5 Å². The standard InChI is InChI=1S/C16H13ClN2O5S/c17-10-1-4-12(5-2-10)25(22,23)9-16(21)18-11-3-6-14-13(7-11)19-15(20)8-24-14/h1-7H,8-9H2,(H,18,21)(H,19,20). The summed E-state index contributed by atoms with van der Waals surface area (Å²) in [5.41, 5.74) is 0.760. The van der Waals surface area contributed by atoms with Gasteiger partial charge in [-0.15, -0.1) is 0 Å². The zero-order valence-electron chi connectivity index (χ0n) is 12.8. The maximum Gasteiger partial charge on any atom is 0.262 e. The van der Waals surface area contributed by atoms with Crippen molar-refractivity contribution in [2.24, 2.45) is 0 Å². The molecule has 0 saturated heterocycles. The van der Waals surface area contributed by atoms with E-state index in [1.165, 1.54) is 30.3 Å². The Morgan fingerprint density at radius 2 is 1.92 bits per heavy atom. The lowest BCUT2D eigenvalue weighted by molar-refractivity contribution is -0.118. The molecular weight excluding hydrogens is 368 g/mol. The molecule has 7 nitrogen and oxygen atoms in total. The van der Waals surface area contributed by atoms with Gasteiger partial charge in [-0.2, -0.15) is 0 Å². The first-order valence-electron chi connectivity index (χ1n) is 7.18. The van der Waals surface area contributed by atoms with Crippen molar-refractivity contribution in [1.82, 2.24) is 0 Å². The van der Waals surface area contributed by atoms with Crippen molar-refractivity contribution in [3.05, 3.63) is 47.5 Å². The fourth-order valence-corrected chi connectivity index (χ4v) is 3.52. The summed E-state index contributed by atoms with van der Waals surface area (Å²) in [5.74, 6) is -1.24. The maximum atomic E-state index is 12.2. The Kier molecular flexibility index (Phi) is 4.65. The molecule has 1 aliphatic rings. The third kappa shape index (κ3) is 4.09. The quantitative estimate of drug-likeness (QED) is 0.845. The van der Waals surface area contributed by atoms with E-state index in [1.807, 2.05) is 0 Å². The second kappa shape index (κ2) is 6.73. The van der Waals surface area contributed by atoms with Gasteiger partial charge in [0, 0.05) is 10.7 Å². The number of fused-ring (bicyclic) bond motifs is 1. The van der Waals surface area contributed by atoms with Gasteiger partial charge < -0.3 is 15.4 Å². The molecule has 0 saturated carbocycles. The number of anilines is 2. The molecule has 0 unspecified atom stereocenters. The van der Waals surface area contributed by atoms with Crippen molar-refractivity contribution < 1.29 is 22.7 Å². The number of rotatable bonds is 4. The molecule has 1 heterocycles. The van der Waals surface area contributed by atoms with Gasteiger partial charge in [-0.3, -0.25) is 9.59 Å². The van der Waals surface area contributed by atoms with Crippen molar-refractivity contribution in [3.8, 4) is 5.75 Å². The first kappa shape index (κ1) is 17.2. The molecule has 2 N–H and O–H groups in total. The van der Waals surface area contributed by atoms with Crippen LogP contribution in [0.3, 0.4) is 0 Å². The molecule has 0 spiro atoms. The second-order valence-electron chi connectivity index (χ2n) is 5.31. The number of nitrogens with one attached hydrogen (secondary N) is 2. The van der Waals surface area contributed by atoms with Gasteiger partial charge >= 0.3 is 0 Å². The lowest BCUT2D eigenvalue weighted by atomic mass is 10.2. The summed E-state index contributed by atoms with van der Waals surface area (Å²) in [5, 5.41) is 5.50. The Balaban J connectivity index is 1.71. The minimum absolute atomic E-state index is 0.0122. The van der Waals surface area contributed by atoms with Crippen molar-refractivity contribution in [2.75, 3.05) is 23.0 Å². The van der Waals surface area contributed by atoms with E-state index in [1.54, 1.807) is 12.1 Å². The molecule has 0 aliphatic carbocycles. The lowest BCUT2D eigenvalue weighted by Gasteiger charge is -2.18. The van der Waals surface area contributed by atoms with Gasteiger partial charge in [0.15, 0.2) is 16.4 Å². The van der Waals surface area contributed by atoms with E-state index in [-0.39, 0.29) is 17.4 Å². The van der Waals surface area contributed by atoms with Crippen LogP contribution in [0.5, 0.6) is 5.75 Å². The Hall–Kier alpha value is -2.58. The largest absolute Gasteiger partial charge is 0.482 e. The topological polar surface area (TPSA) is 102 Å². The predicted molar refractivity (Wildman–Crippen MR) is 92.7 cm³/mol. The van der Waals surface area contributed by atoms with Crippen LogP contribution in [0.15, 0.2) is 47.4 Å². The highest BCUT2D eigenvalue weighted by atomic mass is 35.5. The van der Waals surface area contributed by atoms with Crippen molar-refractivity contribution in [2.45, 2.75) is 4.90 Å². The van der Waals surface area contributed by atoms with Crippen LogP contribution in [-0.2, 0) is 19.4 Å². The molecule has 130 valence electrons. The summed E-state index contributed by atoms with van der Waals surface area (Å²) in [4.78, 5) is 23.4. The van der Waals surface area contributed by atoms with Crippen molar-refractivity contribution >= 4 is 44.6 Å². The molecule has 9 heteroatoms. The number of hydrogen-bond acceptors (Lipinski definition) is 5. The minimum Gasteiger partial charge on any atom is -0.482 e. The summed E-state index contributed by atoms with van der Waals surface area (Å²) in [6.45, 7) is -0.0714. The molecule has 2 aromatic carbocycles. The van der Waals surface area contributed by atoms with Crippen LogP contribution in [0.25, 0.3) is 0 Å². The van der Waals surface area contributed by atoms with E-state index >= 15 is 0 Å². The van der Waals surface area contributed by atoms with Gasteiger partial charge in [-0.1, -0.05) is 11.6 Å². The number of benzene rings is 2. The molecule has 0 radical (unpaired) electrons. The summed E-state index contributed by atoms with van der Waals surface area (Å²) in [7, 11) is -3.79. The minimum atomic E-state index is -3.79. The summed E-state index contributed by atoms with van der Waals surface area (Å²) < 4.78 is 29.7. The average molecular weight is 381 g/mol. The molecule has 0 atom stereocenters. The summed E-state index contributed by atoms with van der Waals surface area (Å²) >= 11 is 5.73. The highest BCUT2D eigenvalue weighted by molar-refractivity contribution is 7.92. The SMILES string of the molecule is O=C(CS(=O)(=O)c1ccc(Cl)cc1)Nc1ccc2c(c1)NC(=O)CO2. The van der Waals surface area contributed by atoms with Crippen molar-refractivity contribution in [1.29, 1.82) is 0 Å². The van der Waals surface area contributed by atoms with Crippen LogP contribution in [-0.4, -0.2) is 32.6 Å². The van der Waals surface area contributed by atoms with Gasteiger partial charge in [-0.05, 0) is 42.5 Å². The second-order valence-corrected chi connectivity index (χ2v) is 7.73. The molecule has 1 aliphatic heterocycles. The smallest absolute Gasteiger partial charge is 0.262 e. The Bertz CT molecular complexity index is 941. The number of sulfone groups is 1. The lowest BCUT2D eigenvalue weighted by Crippen LogP contribution is -2.26. The number of carbonyl (C=O) groups is 2. The zero-order valence-corrected chi connectivity index (χ0v) is 14.4. The monoisotopic (exact) mass is 380 g/mol. The molecular formula is C16H13ClN2O5S. The summed E-state index contributed by atoms with van der Waals surface area (Å²) in [6, 6.07) is 10.2. The fraction of sp³-hybridized carbons (Fsp3) is 0.125. The molecule has 0 bridgehead atoms. The fourth-order valence-electron chi connectivity index (χ4n) is 2.26. The zero-order chi connectivity index (χ0) is 18.0. The Morgan fingerprint density at radius 1 is 1.20 bits per heavy atom. The summed E-state index contributed by atoms with van der Waals surface area (Å²) in [6.07, 6.45) is 0. The average Bonchev–Trinajstić information content (AvgIpc) is 2.54. The molecule has 3 rings (SSSR count). The van der Waals surface area contributed by atoms with E-state index < -0.39 is 21.5 Å².